The Balaban J connectivity index is 1.73. The Hall–Kier alpha value is -1.13. The molecule has 3 rings (SSSR count). The Kier molecular flexibility index (Phi) is 3.22. The van der Waals surface area contributed by atoms with Crippen molar-refractivity contribution in [1.29, 1.82) is 0 Å². The zero-order valence-electron chi connectivity index (χ0n) is 10.9. The average molecular weight is 261 g/mol. The quantitative estimate of drug-likeness (QED) is 0.920. The van der Waals surface area contributed by atoms with Gasteiger partial charge in [0.1, 0.15) is 0 Å². The van der Waals surface area contributed by atoms with Crippen LogP contribution in [0.5, 0.6) is 0 Å². The molecule has 2 heterocycles. The second-order valence-corrected chi connectivity index (χ2v) is 5.82. The summed E-state index contributed by atoms with van der Waals surface area (Å²) in [6.45, 7) is 3.15. The summed E-state index contributed by atoms with van der Waals surface area (Å²) in [6.07, 6.45) is 5.68. The lowest BCUT2D eigenvalue weighted by Gasteiger charge is -2.24. The highest BCUT2D eigenvalue weighted by atomic mass is 32.1. The zero-order chi connectivity index (χ0) is 12.5. The summed E-state index contributed by atoms with van der Waals surface area (Å²) in [4.78, 5) is 0. The lowest BCUT2D eigenvalue weighted by molar-refractivity contribution is 0.452. The molecule has 0 aliphatic heterocycles. The van der Waals surface area contributed by atoms with E-state index in [-0.39, 0.29) is 0 Å². The highest BCUT2D eigenvalue weighted by Gasteiger charge is 2.22. The van der Waals surface area contributed by atoms with Gasteiger partial charge in [-0.25, -0.2) is 0 Å². The van der Waals surface area contributed by atoms with Crippen molar-refractivity contribution in [2.45, 2.75) is 38.8 Å². The fourth-order valence-electron chi connectivity index (χ4n) is 2.72. The number of nitrogens with zero attached hydrogens (tertiary/aromatic N) is 2. The van der Waals surface area contributed by atoms with E-state index in [9.17, 15) is 0 Å². The van der Waals surface area contributed by atoms with Gasteiger partial charge < -0.3 is 5.32 Å². The number of nitrogens with one attached hydrogen (secondary N) is 1. The summed E-state index contributed by atoms with van der Waals surface area (Å²) in [7, 11) is 2.05. The van der Waals surface area contributed by atoms with Crippen LogP contribution in [0.3, 0.4) is 0 Å². The summed E-state index contributed by atoms with van der Waals surface area (Å²) in [5, 5.41) is 12.5. The van der Waals surface area contributed by atoms with Gasteiger partial charge in [-0.05, 0) is 48.1 Å². The van der Waals surface area contributed by atoms with Gasteiger partial charge in [0.15, 0.2) is 0 Å². The molecule has 0 saturated carbocycles. The molecule has 0 fully saturated rings. The molecule has 0 amide bonds. The lowest BCUT2D eigenvalue weighted by Crippen LogP contribution is -2.25. The predicted molar refractivity (Wildman–Crippen MR) is 74.8 cm³/mol. The van der Waals surface area contributed by atoms with Gasteiger partial charge in [-0.1, -0.05) is 0 Å². The SMILES string of the molecule is Cc1cscc1CNC1CCCc2c1cnn2C. The van der Waals surface area contributed by atoms with Crippen LogP contribution in [-0.4, -0.2) is 9.78 Å². The Bertz CT molecular complexity index is 541. The molecule has 2 aromatic heterocycles. The number of thiophene rings is 1. The molecule has 4 heteroatoms. The van der Waals surface area contributed by atoms with E-state index in [0.29, 0.717) is 6.04 Å². The van der Waals surface area contributed by atoms with Crippen LogP contribution in [0.25, 0.3) is 0 Å². The van der Waals surface area contributed by atoms with Gasteiger partial charge in [0, 0.05) is 30.9 Å². The predicted octanol–water partition coefficient (Wildman–Crippen LogP) is 2.96. The molecule has 1 aliphatic rings. The van der Waals surface area contributed by atoms with Crippen molar-refractivity contribution in [3.05, 3.63) is 39.3 Å². The molecule has 1 atom stereocenters. The van der Waals surface area contributed by atoms with Crippen LogP contribution in [0.15, 0.2) is 17.0 Å². The molecular formula is C14H19N3S. The summed E-state index contributed by atoms with van der Waals surface area (Å²) in [5.74, 6) is 0. The fraction of sp³-hybridized carbons (Fsp3) is 0.500. The van der Waals surface area contributed by atoms with E-state index in [4.69, 9.17) is 0 Å². The van der Waals surface area contributed by atoms with Crippen molar-refractivity contribution in [2.24, 2.45) is 7.05 Å². The van der Waals surface area contributed by atoms with Crippen LogP contribution < -0.4 is 5.32 Å². The van der Waals surface area contributed by atoms with Gasteiger partial charge in [-0.15, -0.1) is 0 Å². The minimum absolute atomic E-state index is 0.474. The smallest absolute Gasteiger partial charge is 0.0540 e. The molecular weight excluding hydrogens is 242 g/mol. The molecule has 0 aromatic carbocycles. The third kappa shape index (κ3) is 2.10. The van der Waals surface area contributed by atoms with Crippen LogP contribution in [0, 0.1) is 6.92 Å². The Labute approximate surface area is 112 Å². The second-order valence-electron chi connectivity index (χ2n) is 5.08. The number of rotatable bonds is 3. The van der Waals surface area contributed by atoms with E-state index in [2.05, 4.69) is 28.1 Å². The molecule has 3 nitrogen and oxygen atoms in total. The Morgan fingerprint density at radius 3 is 3.17 bits per heavy atom. The topological polar surface area (TPSA) is 29.9 Å². The normalized spacial score (nSPS) is 18.9. The number of fused-ring (bicyclic) bond motifs is 1. The van der Waals surface area contributed by atoms with Crippen molar-refractivity contribution in [2.75, 3.05) is 0 Å². The highest BCUT2D eigenvalue weighted by molar-refractivity contribution is 7.08. The molecule has 0 saturated heterocycles. The first-order valence-corrected chi connectivity index (χ1v) is 7.46. The summed E-state index contributed by atoms with van der Waals surface area (Å²) in [6, 6.07) is 0.474. The molecule has 0 bridgehead atoms. The maximum atomic E-state index is 4.39. The summed E-state index contributed by atoms with van der Waals surface area (Å²) in [5.41, 5.74) is 5.63. The third-order valence-corrected chi connectivity index (χ3v) is 4.79. The van der Waals surface area contributed by atoms with Crippen molar-refractivity contribution in [3.8, 4) is 0 Å². The first-order chi connectivity index (χ1) is 8.75. The fourth-order valence-corrected chi connectivity index (χ4v) is 3.58. The lowest BCUT2D eigenvalue weighted by atomic mass is 9.93. The largest absolute Gasteiger partial charge is 0.306 e. The van der Waals surface area contributed by atoms with Crippen molar-refractivity contribution < 1.29 is 0 Å². The minimum atomic E-state index is 0.474. The van der Waals surface area contributed by atoms with Gasteiger partial charge in [0.2, 0.25) is 0 Å². The molecule has 96 valence electrons. The minimum Gasteiger partial charge on any atom is -0.306 e. The number of aryl methyl sites for hydroxylation is 2. The highest BCUT2D eigenvalue weighted by Crippen LogP contribution is 2.29. The second kappa shape index (κ2) is 4.86. The monoisotopic (exact) mass is 261 g/mol. The van der Waals surface area contributed by atoms with Crippen molar-refractivity contribution in [1.82, 2.24) is 15.1 Å². The van der Waals surface area contributed by atoms with Gasteiger partial charge in [0.25, 0.3) is 0 Å². The van der Waals surface area contributed by atoms with Crippen LogP contribution in [0.4, 0.5) is 0 Å². The van der Waals surface area contributed by atoms with E-state index in [1.165, 1.54) is 41.6 Å². The maximum absolute atomic E-state index is 4.39. The van der Waals surface area contributed by atoms with Gasteiger partial charge in [0.05, 0.1) is 6.20 Å². The number of hydrogen-bond acceptors (Lipinski definition) is 3. The maximum Gasteiger partial charge on any atom is 0.0540 e. The number of hydrogen-bond donors (Lipinski definition) is 1. The van der Waals surface area contributed by atoms with Crippen LogP contribution >= 0.6 is 11.3 Å². The van der Waals surface area contributed by atoms with Gasteiger partial charge >= 0.3 is 0 Å². The van der Waals surface area contributed by atoms with E-state index in [1.807, 2.05) is 17.9 Å². The van der Waals surface area contributed by atoms with Crippen molar-refractivity contribution in [3.63, 3.8) is 0 Å². The standard InChI is InChI=1S/C14H19N3S/c1-10-8-18-9-11(10)6-15-13-4-3-5-14-12(13)7-16-17(14)2/h7-9,13,15H,3-6H2,1-2H3. The zero-order valence-corrected chi connectivity index (χ0v) is 11.8. The average Bonchev–Trinajstić information content (AvgIpc) is 2.95. The molecule has 1 unspecified atom stereocenters. The Morgan fingerprint density at radius 2 is 2.39 bits per heavy atom. The molecule has 18 heavy (non-hydrogen) atoms. The molecule has 2 aromatic rings. The van der Waals surface area contributed by atoms with E-state index in [0.717, 1.165) is 6.54 Å². The van der Waals surface area contributed by atoms with Crippen LogP contribution in [-0.2, 0) is 20.0 Å². The van der Waals surface area contributed by atoms with E-state index >= 15 is 0 Å². The molecule has 0 radical (unpaired) electrons. The van der Waals surface area contributed by atoms with E-state index in [1.54, 1.807) is 11.3 Å². The first-order valence-electron chi connectivity index (χ1n) is 6.51. The third-order valence-electron chi connectivity index (χ3n) is 3.88. The summed E-state index contributed by atoms with van der Waals surface area (Å²) >= 11 is 1.79. The first kappa shape index (κ1) is 11.9. The summed E-state index contributed by atoms with van der Waals surface area (Å²) < 4.78 is 2.03. The number of aromatic nitrogens is 2. The van der Waals surface area contributed by atoms with Crippen LogP contribution in [0.2, 0.25) is 0 Å². The van der Waals surface area contributed by atoms with Crippen LogP contribution in [0.1, 0.15) is 41.3 Å². The van der Waals surface area contributed by atoms with Crippen molar-refractivity contribution >= 4 is 11.3 Å². The van der Waals surface area contributed by atoms with Gasteiger partial charge in [-0.2, -0.15) is 16.4 Å². The molecule has 1 N–H and O–H groups in total. The van der Waals surface area contributed by atoms with Gasteiger partial charge in [-0.3, -0.25) is 4.68 Å². The molecule has 1 aliphatic carbocycles. The molecule has 0 spiro atoms. The Morgan fingerprint density at radius 1 is 1.50 bits per heavy atom. The van der Waals surface area contributed by atoms with E-state index < -0.39 is 0 Å².